The Bertz CT molecular complexity index is 932. The second-order valence-corrected chi connectivity index (χ2v) is 6.57. The summed E-state index contributed by atoms with van der Waals surface area (Å²) in [6.07, 6.45) is 0. The maximum absolute atomic E-state index is 12.3. The standard InChI is InChI=1S/C19H21N5O3S/c1-4-24(14-8-6-5-7-9-14)19-23-22-18(28-19)21-17(25)20-13-10-11-15(26-2)16(12-13)27-3/h5-12H,4H2,1-3H3,(H2,20,21,22,25). The van der Waals surface area contributed by atoms with Crippen LogP contribution in [0.4, 0.5) is 26.4 Å². The number of rotatable bonds is 7. The average Bonchev–Trinajstić information content (AvgIpc) is 3.17. The molecule has 0 bridgehead atoms. The van der Waals surface area contributed by atoms with Gasteiger partial charge in [0.2, 0.25) is 10.3 Å². The average molecular weight is 399 g/mol. The van der Waals surface area contributed by atoms with Crippen molar-refractivity contribution in [1.29, 1.82) is 0 Å². The zero-order valence-corrected chi connectivity index (χ0v) is 16.6. The summed E-state index contributed by atoms with van der Waals surface area (Å²) in [5, 5.41) is 14.8. The van der Waals surface area contributed by atoms with Gasteiger partial charge in [-0.1, -0.05) is 29.5 Å². The van der Waals surface area contributed by atoms with Gasteiger partial charge in [-0.3, -0.25) is 5.32 Å². The van der Waals surface area contributed by atoms with Gasteiger partial charge in [-0.15, -0.1) is 10.2 Å². The molecule has 8 nitrogen and oxygen atoms in total. The van der Waals surface area contributed by atoms with Gasteiger partial charge >= 0.3 is 6.03 Å². The van der Waals surface area contributed by atoms with Crippen LogP contribution in [0.5, 0.6) is 11.5 Å². The highest BCUT2D eigenvalue weighted by molar-refractivity contribution is 7.19. The second kappa shape index (κ2) is 9.05. The third-order valence-corrected chi connectivity index (χ3v) is 4.75. The number of anilines is 4. The molecule has 0 atom stereocenters. The van der Waals surface area contributed by atoms with Gasteiger partial charge in [-0.2, -0.15) is 0 Å². The minimum atomic E-state index is -0.419. The van der Waals surface area contributed by atoms with Gasteiger partial charge in [-0.25, -0.2) is 4.79 Å². The van der Waals surface area contributed by atoms with E-state index >= 15 is 0 Å². The summed E-state index contributed by atoms with van der Waals surface area (Å²) in [7, 11) is 3.09. The SMILES string of the molecule is CCN(c1ccccc1)c1nnc(NC(=O)Nc2ccc(OC)c(OC)c2)s1. The van der Waals surface area contributed by atoms with E-state index in [1.54, 1.807) is 25.3 Å². The Labute approximate surface area is 167 Å². The topological polar surface area (TPSA) is 88.6 Å². The Balaban J connectivity index is 1.67. The molecule has 28 heavy (non-hydrogen) atoms. The van der Waals surface area contributed by atoms with Crippen molar-refractivity contribution >= 4 is 39.0 Å². The van der Waals surface area contributed by atoms with Crippen LogP contribution in [0.2, 0.25) is 0 Å². The van der Waals surface area contributed by atoms with E-state index in [4.69, 9.17) is 9.47 Å². The van der Waals surface area contributed by atoms with Crippen molar-refractivity contribution in [2.45, 2.75) is 6.92 Å². The number of amides is 2. The van der Waals surface area contributed by atoms with E-state index in [0.717, 1.165) is 12.2 Å². The molecule has 0 aliphatic heterocycles. The van der Waals surface area contributed by atoms with Crippen LogP contribution in [0.25, 0.3) is 0 Å². The van der Waals surface area contributed by atoms with E-state index in [1.807, 2.05) is 42.2 Å². The normalized spacial score (nSPS) is 10.2. The lowest BCUT2D eigenvalue weighted by molar-refractivity contribution is 0.262. The van der Waals surface area contributed by atoms with Crippen molar-refractivity contribution in [3.8, 4) is 11.5 Å². The zero-order valence-electron chi connectivity index (χ0n) is 15.8. The van der Waals surface area contributed by atoms with Gasteiger partial charge in [0.1, 0.15) is 0 Å². The summed E-state index contributed by atoms with van der Waals surface area (Å²) in [6.45, 7) is 2.77. The number of hydrogen-bond acceptors (Lipinski definition) is 7. The third kappa shape index (κ3) is 4.49. The van der Waals surface area contributed by atoms with Gasteiger partial charge < -0.3 is 19.7 Å². The monoisotopic (exact) mass is 399 g/mol. The fourth-order valence-corrected chi connectivity index (χ4v) is 3.41. The fraction of sp³-hybridized carbons (Fsp3) is 0.211. The molecule has 3 rings (SSSR count). The number of methoxy groups -OCH3 is 2. The number of urea groups is 1. The molecular formula is C19H21N5O3S. The maximum Gasteiger partial charge on any atom is 0.325 e. The Hall–Kier alpha value is -3.33. The molecule has 0 radical (unpaired) electrons. The van der Waals surface area contributed by atoms with E-state index in [1.165, 1.54) is 18.4 Å². The largest absolute Gasteiger partial charge is 0.493 e. The van der Waals surface area contributed by atoms with Gasteiger partial charge in [0, 0.05) is 24.0 Å². The van der Waals surface area contributed by atoms with Crippen molar-refractivity contribution in [3.05, 3.63) is 48.5 Å². The van der Waals surface area contributed by atoms with E-state index in [-0.39, 0.29) is 0 Å². The Morgan fingerprint density at radius 2 is 1.79 bits per heavy atom. The van der Waals surface area contributed by atoms with Gasteiger partial charge in [0.25, 0.3) is 0 Å². The van der Waals surface area contributed by atoms with Crippen molar-refractivity contribution < 1.29 is 14.3 Å². The quantitative estimate of drug-likeness (QED) is 0.614. The Morgan fingerprint density at radius 3 is 2.46 bits per heavy atom. The third-order valence-electron chi connectivity index (χ3n) is 3.89. The van der Waals surface area contributed by atoms with E-state index in [9.17, 15) is 4.79 Å². The van der Waals surface area contributed by atoms with Crippen LogP contribution in [0.3, 0.4) is 0 Å². The molecule has 146 valence electrons. The first kappa shape index (κ1) is 19.4. The van der Waals surface area contributed by atoms with Gasteiger partial charge in [-0.05, 0) is 31.2 Å². The first-order chi connectivity index (χ1) is 13.6. The number of benzene rings is 2. The predicted molar refractivity (Wildman–Crippen MR) is 111 cm³/mol. The lowest BCUT2D eigenvalue weighted by Crippen LogP contribution is -2.19. The maximum atomic E-state index is 12.3. The van der Waals surface area contributed by atoms with Gasteiger partial charge in [0.15, 0.2) is 11.5 Å². The molecule has 0 fully saturated rings. The molecule has 2 amide bonds. The zero-order chi connectivity index (χ0) is 19.9. The molecule has 3 aromatic rings. The molecule has 0 saturated carbocycles. The number of ether oxygens (including phenoxy) is 2. The predicted octanol–water partition coefficient (Wildman–Crippen LogP) is 4.36. The summed E-state index contributed by atoms with van der Waals surface area (Å²) in [5.74, 6) is 1.11. The molecule has 2 aromatic carbocycles. The molecule has 0 aliphatic rings. The fourth-order valence-electron chi connectivity index (χ4n) is 2.58. The number of aromatic nitrogens is 2. The number of carbonyl (C=O) groups is 1. The number of carbonyl (C=O) groups excluding carboxylic acids is 1. The molecular weight excluding hydrogens is 378 g/mol. The molecule has 1 heterocycles. The first-order valence-electron chi connectivity index (χ1n) is 8.60. The first-order valence-corrected chi connectivity index (χ1v) is 9.42. The van der Waals surface area contributed by atoms with E-state index < -0.39 is 6.03 Å². The molecule has 0 aliphatic carbocycles. The summed E-state index contributed by atoms with van der Waals surface area (Å²) in [4.78, 5) is 14.3. The summed E-state index contributed by atoms with van der Waals surface area (Å²) in [6, 6.07) is 14.6. The summed E-state index contributed by atoms with van der Waals surface area (Å²) < 4.78 is 10.4. The number of hydrogen-bond donors (Lipinski definition) is 2. The van der Waals surface area contributed by atoms with E-state index in [2.05, 4.69) is 20.8 Å². The van der Waals surface area contributed by atoms with Crippen LogP contribution >= 0.6 is 11.3 Å². The molecule has 0 unspecified atom stereocenters. The number of para-hydroxylation sites is 1. The van der Waals surface area contributed by atoms with E-state index in [0.29, 0.717) is 27.4 Å². The van der Waals surface area contributed by atoms with Crippen LogP contribution < -0.4 is 25.0 Å². The molecule has 0 spiro atoms. The highest BCUT2D eigenvalue weighted by atomic mass is 32.1. The van der Waals surface area contributed by atoms with Crippen LogP contribution in [0.1, 0.15) is 6.92 Å². The van der Waals surface area contributed by atoms with Crippen molar-refractivity contribution in [2.75, 3.05) is 36.3 Å². The highest BCUT2D eigenvalue weighted by Crippen LogP contribution is 2.31. The van der Waals surface area contributed by atoms with Crippen LogP contribution in [-0.2, 0) is 0 Å². The minimum absolute atomic E-state index is 0.405. The summed E-state index contributed by atoms with van der Waals surface area (Å²) in [5.41, 5.74) is 1.59. The second-order valence-electron chi connectivity index (χ2n) is 5.62. The number of nitrogens with one attached hydrogen (secondary N) is 2. The molecule has 0 saturated heterocycles. The van der Waals surface area contributed by atoms with Gasteiger partial charge in [0.05, 0.1) is 14.2 Å². The lowest BCUT2D eigenvalue weighted by atomic mass is 10.3. The highest BCUT2D eigenvalue weighted by Gasteiger charge is 2.15. The Morgan fingerprint density at radius 1 is 1.04 bits per heavy atom. The minimum Gasteiger partial charge on any atom is -0.493 e. The van der Waals surface area contributed by atoms with Crippen molar-refractivity contribution in [3.63, 3.8) is 0 Å². The summed E-state index contributed by atoms with van der Waals surface area (Å²) >= 11 is 1.30. The number of nitrogens with zero attached hydrogens (tertiary/aromatic N) is 3. The molecule has 9 heteroatoms. The smallest absolute Gasteiger partial charge is 0.325 e. The Kier molecular flexibility index (Phi) is 6.28. The van der Waals surface area contributed by atoms with Crippen LogP contribution in [-0.4, -0.2) is 37.0 Å². The molecule has 1 aromatic heterocycles. The lowest BCUT2D eigenvalue weighted by Gasteiger charge is -2.18. The molecule has 2 N–H and O–H groups in total. The van der Waals surface area contributed by atoms with Crippen molar-refractivity contribution in [1.82, 2.24) is 10.2 Å². The van der Waals surface area contributed by atoms with Crippen LogP contribution in [0.15, 0.2) is 48.5 Å². The van der Waals surface area contributed by atoms with Crippen molar-refractivity contribution in [2.24, 2.45) is 0 Å². The van der Waals surface area contributed by atoms with Crippen LogP contribution in [0, 0.1) is 0 Å².